The molecule has 0 radical (unpaired) electrons. The third-order valence-corrected chi connectivity index (χ3v) is 5.02. The van der Waals surface area contributed by atoms with Crippen LogP contribution in [0.2, 0.25) is 0 Å². The van der Waals surface area contributed by atoms with Gasteiger partial charge in [0.2, 0.25) is 0 Å². The Hall–Kier alpha value is -1.81. The molecule has 1 aromatic carbocycles. The minimum atomic E-state index is 0.540. The number of anilines is 2. The fourth-order valence-corrected chi connectivity index (χ4v) is 3.46. The largest absolute Gasteiger partial charge is 0.342 e. The summed E-state index contributed by atoms with van der Waals surface area (Å²) < 4.78 is 1.85. The van der Waals surface area contributed by atoms with Crippen molar-refractivity contribution in [3.63, 3.8) is 0 Å². The third kappa shape index (κ3) is 2.63. The maximum atomic E-state index is 4.28. The number of fused-ring (bicyclic) bond motifs is 1. The van der Waals surface area contributed by atoms with Crippen LogP contribution in [0.5, 0.6) is 0 Å². The van der Waals surface area contributed by atoms with E-state index in [4.69, 9.17) is 0 Å². The average molecular weight is 296 g/mol. The lowest BCUT2D eigenvalue weighted by Gasteiger charge is -2.29. The first-order valence-electron chi connectivity index (χ1n) is 8.29. The van der Waals surface area contributed by atoms with Gasteiger partial charge in [-0.25, -0.2) is 0 Å². The molecule has 1 saturated carbocycles. The number of nitrogens with one attached hydrogen (secondary N) is 1. The van der Waals surface area contributed by atoms with Crippen molar-refractivity contribution in [2.24, 2.45) is 13.0 Å². The summed E-state index contributed by atoms with van der Waals surface area (Å²) >= 11 is 0. The molecule has 2 heterocycles. The van der Waals surface area contributed by atoms with E-state index in [1.54, 1.807) is 0 Å². The van der Waals surface area contributed by atoms with Crippen molar-refractivity contribution in [2.75, 3.05) is 18.5 Å². The molecule has 1 fully saturated rings. The van der Waals surface area contributed by atoms with E-state index in [2.05, 4.69) is 46.8 Å². The molecule has 1 aliphatic heterocycles. The van der Waals surface area contributed by atoms with Crippen LogP contribution in [0.3, 0.4) is 0 Å². The average Bonchev–Trinajstić information content (AvgIpc) is 3.25. The van der Waals surface area contributed by atoms with Crippen LogP contribution in [0.15, 0.2) is 30.6 Å². The monoisotopic (exact) mass is 296 g/mol. The first-order chi connectivity index (χ1) is 10.7. The molecule has 1 N–H and O–H groups in total. The predicted molar refractivity (Wildman–Crippen MR) is 89.5 cm³/mol. The highest BCUT2D eigenvalue weighted by Crippen LogP contribution is 2.40. The van der Waals surface area contributed by atoms with Gasteiger partial charge in [0, 0.05) is 32.0 Å². The number of aryl methyl sites for hydroxylation is 1. The topological polar surface area (TPSA) is 33.1 Å². The summed E-state index contributed by atoms with van der Waals surface area (Å²) in [7, 11) is 4.07. The molecule has 4 nitrogen and oxygen atoms in total. The lowest BCUT2D eigenvalue weighted by Crippen LogP contribution is -2.30. The number of hydrogen-bond donors (Lipinski definition) is 1. The van der Waals surface area contributed by atoms with Gasteiger partial charge in [0.1, 0.15) is 0 Å². The number of nitrogens with zero attached hydrogens (tertiary/aromatic N) is 3. The highest BCUT2D eigenvalue weighted by molar-refractivity contribution is 5.63. The fraction of sp³-hybridized carbons (Fsp3) is 0.500. The van der Waals surface area contributed by atoms with Gasteiger partial charge in [-0.05, 0) is 48.6 Å². The van der Waals surface area contributed by atoms with E-state index >= 15 is 0 Å². The van der Waals surface area contributed by atoms with Gasteiger partial charge < -0.3 is 10.2 Å². The number of hydrogen-bond acceptors (Lipinski definition) is 3. The first-order valence-corrected chi connectivity index (χ1v) is 8.29. The van der Waals surface area contributed by atoms with Gasteiger partial charge in [-0.3, -0.25) is 4.68 Å². The smallest absolute Gasteiger partial charge is 0.0794 e. The second-order valence-electron chi connectivity index (χ2n) is 6.75. The summed E-state index contributed by atoms with van der Waals surface area (Å²) in [5.74, 6) is 0.947. The van der Waals surface area contributed by atoms with Crippen molar-refractivity contribution in [3.05, 3.63) is 41.7 Å². The van der Waals surface area contributed by atoms with Crippen molar-refractivity contribution in [1.29, 1.82) is 0 Å². The Balaban J connectivity index is 1.64. The molecule has 2 aliphatic rings. The van der Waals surface area contributed by atoms with Gasteiger partial charge in [0.05, 0.1) is 11.9 Å². The number of benzene rings is 1. The molecular weight excluding hydrogens is 272 g/mol. The van der Waals surface area contributed by atoms with Crippen LogP contribution in [-0.4, -0.2) is 23.4 Å². The van der Waals surface area contributed by atoms with E-state index in [1.165, 1.54) is 36.1 Å². The van der Waals surface area contributed by atoms with Crippen molar-refractivity contribution < 1.29 is 0 Å². The van der Waals surface area contributed by atoms with Gasteiger partial charge in [0.25, 0.3) is 0 Å². The lowest BCUT2D eigenvalue weighted by atomic mass is 9.90. The maximum Gasteiger partial charge on any atom is 0.0794 e. The van der Waals surface area contributed by atoms with Crippen LogP contribution in [0.4, 0.5) is 11.4 Å². The maximum absolute atomic E-state index is 4.28. The van der Waals surface area contributed by atoms with Gasteiger partial charge in [-0.1, -0.05) is 18.9 Å². The van der Waals surface area contributed by atoms with Crippen molar-refractivity contribution in [3.8, 4) is 0 Å². The summed E-state index contributed by atoms with van der Waals surface area (Å²) in [6.07, 6.45) is 9.25. The Labute approximate surface area is 132 Å². The summed E-state index contributed by atoms with van der Waals surface area (Å²) in [6.45, 7) is 1.11. The van der Waals surface area contributed by atoms with Gasteiger partial charge >= 0.3 is 0 Å². The Morgan fingerprint density at radius 2 is 2.18 bits per heavy atom. The fourth-order valence-electron chi connectivity index (χ4n) is 3.46. The SMILES string of the molecule is CN(c1ccc2c(c1)C(CC1CC1)NCC2)c1cnn(C)c1. The van der Waals surface area contributed by atoms with E-state index in [1.807, 2.05) is 17.9 Å². The van der Waals surface area contributed by atoms with E-state index in [0.29, 0.717) is 6.04 Å². The summed E-state index contributed by atoms with van der Waals surface area (Å²) in [5.41, 5.74) is 5.40. The molecule has 4 heteroatoms. The number of aromatic nitrogens is 2. The predicted octanol–water partition coefficient (Wildman–Crippen LogP) is 3.17. The van der Waals surface area contributed by atoms with Crippen LogP contribution in [0.1, 0.15) is 36.4 Å². The summed E-state index contributed by atoms with van der Waals surface area (Å²) in [6, 6.07) is 7.48. The molecule has 0 saturated heterocycles. The van der Waals surface area contributed by atoms with Gasteiger partial charge in [0.15, 0.2) is 0 Å². The van der Waals surface area contributed by atoms with Gasteiger partial charge in [-0.15, -0.1) is 0 Å². The molecule has 1 atom stereocenters. The Morgan fingerprint density at radius 1 is 1.32 bits per heavy atom. The quantitative estimate of drug-likeness (QED) is 0.940. The van der Waals surface area contributed by atoms with E-state index in [-0.39, 0.29) is 0 Å². The lowest BCUT2D eigenvalue weighted by molar-refractivity contribution is 0.453. The molecule has 0 amide bonds. The van der Waals surface area contributed by atoms with E-state index in [0.717, 1.165) is 24.6 Å². The molecule has 2 aromatic rings. The molecule has 1 aromatic heterocycles. The number of rotatable bonds is 4. The van der Waals surface area contributed by atoms with Crippen molar-refractivity contribution in [1.82, 2.24) is 15.1 Å². The molecule has 0 spiro atoms. The van der Waals surface area contributed by atoms with E-state index < -0.39 is 0 Å². The van der Waals surface area contributed by atoms with Crippen LogP contribution in [0.25, 0.3) is 0 Å². The third-order valence-electron chi connectivity index (χ3n) is 5.02. The van der Waals surface area contributed by atoms with Crippen LogP contribution in [-0.2, 0) is 13.5 Å². The molecule has 1 aliphatic carbocycles. The Bertz CT molecular complexity index is 671. The zero-order valence-corrected chi connectivity index (χ0v) is 13.4. The van der Waals surface area contributed by atoms with Crippen LogP contribution in [0, 0.1) is 5.92 Å². The zero-order valence-electron chi connectivity index (χ0n) is 13.4. The highest BCUT2D eigenvalue weighted by Gasteiger charge is 2.29. The normalized spacial score (nSPS) is 20.7. The summed E-state index contributed by atoms with van der Waals surface area (Å²) in [4.78, 5) is 2.22. The minimum Gasteiger partial charge on any atom is -0.342 e. The van der Waals surface area contributed by atoms with Gasteiger partial charge in [-0.2, -0.15) is 5.10 Å². The first kappa shape index (κ1) is 13.8. The molecular formula is C18H24N4. The molecule has 22 heavy (non-hydrogen) atoms. The second-order valence-corrected chi connectivity index (χ2v) is 6.75. The molecule has 1 unspecified atom stereocenters. The Morgan fingerprint density at radius 3 is 2.91 bits per heavy atom. The molecule has 0 bridgehead atoms. The molecule has 4 rings (SSSR count). The second kappa shape index (κ2) is 5.43. The van der Waals surface area contributed by atoms with Crippen molar-refractivity contribution in [2.45, 2.75) is 31.7 Å². The Kier molecular flexibility index (Phi) is 3.41. The zero-order chi connectivity index (χ0) is 15.1. The van der Waals surface area contributed by atoms with Crippen LogP contribution >= 0.6 is 0 Å². The highest BCUT2D eigenvalue weighted by atomic mass is 15.3. The standard InChI is InChI=1S/C18H24N4/c1-21-12-16(11-20-21)22(2)15-6-5-14-7-8-19-18(17(14)10-15)9-13-3-4-13/h5-6,10-13,18-19H,3-4,7-9H2,1-2H3. The summed E-state index contributed by atoms with van der Waals surface area (Å²) in [5, 5.41) is 8.00. The van der Waals surface area contributed by atoms with Crippen LogP contribution < -0.4 is 10.2 Å². The van der Waals surface area contributed by atoms with E-state index in [9.17, 15) is 0 Å². The van der Waals surface area contributed by atoms with Crippen molar-refractivity contribution >= 4 is 11.4 Å². The molecule has 116 valence electrons. The minimum absolute atomic E-state index is 0.540.